The molecule has 6 nitrogen and oxygen atoms in total. The molecule has 0 amide bonds. The molecule has 2 rings (SSSR count). The molecule has 0 aliphatic rings. The molecular formula is C27H42N2O4. The Balaban J connectivity index is 1.47. The summed E-state index contributed by atoms with van der Waals surface area (Å²) in [6, 6.07) is 6.94. The molecule has 0 aliphatic heterocycles. The fourth-order valence-corrected chi connectivity index (χ4v) is 4.32. The van der Waals surface area contributed by atoms with Crippen LogP contribution in [-0.4, -0.2) is 46.6 Å². The van der Waals surface area contributed by atoms with Crippen molar-refractivity contribution in [2.45, 2.75) is 71.6 Å². The lowest BCUT2D eigenvalue weighted by molar-refractivity contribution is 0.399. The van der Waals surface area contributed by atoms with Crippen LogP contribution in [0.15, 0.2) is 24.3 Å². The summed E-state index contributed by atoms with van der Waals surface area (Å²) in [5, 5.41) is 46.2. The first kappa shape index (κ1) is 26.8. The van der Waals surface area contributed by atoms with Crippen molar-refractivity contribution in [1.82, 2.24) is 10.6 Å². The molecule has 0 saturated heterocycles. The Bertz CT molecular complexity index is 785. The average Bonchev–Trinajstić information content (AvgIpc) is 2.81. The highest BCUT2D eigenvalue weighted by molar-refractivity contribution is 5.49. The summed E-state index contributed by atoms with van der Waals surface area (Å²) in [6.07, 6.45) is 9.15. The predicted molar refractivity (Wildman–Crippen MR) is 135 cm³/mol. The molecule has 0 saturated carbocycles. The van der Waals surface area contributed by atoms with Crippen molar-refractivity contribution in [3.8, 4) is 23.0 Å². The average molecular weight is 459 g/mol. The van der Waals surface area contributed by atoms with Crippen molar-refractivity contribution in [2.75, 3.05) is 26.2 Å². The quantitative estimate of drug-likeness (QED) is 0.163. The molecule has 6 N–H and O–H groups in total. The summed E-state index contributed by atoms with van der Waals surface area (Å²) in [6.45, 7) is 7.74. The number of aromatic hydroxyl groups is 4. The zero-order valence-corrected chi connectivity index (χ0v) is 20.3. The van der Waals surface area contributed by atoms with E-state index in [1.54, 1.807) is 12.1 Å². The summed E-state index contributed by atoms with van der Waals surface area (Å²) < 4.78 is 0. The second-order valence-corrected chi connectivity index (χ2v) is 8.62. The second kappa shape index (κ2) is 14.7. The van der Waals surface area contributed by atoms with E-state index >= 15 is 0 Å². The van der Waals surface area contributed by atoms with Gasteiger partial charge in [0.1, 0.15) is 0 Å². The highest BCUT2D eigenvalue weighted by atomic mass is 16.3. The van der Waals surface area contributed by atoms with Crippen molar-refractivity contribution in [3.05, 3.63) is 46.5 Å². The summed E-state index contributed by atoms with van der Waals surface area (Å²) >= 11 is 0. The van der Waals surface area contributed by atoms with Gasteiger partial charge in [-0.3, -0.25) is 0 Å². The summed E-state index contributed by atoms with van der Waals surface area (Å²) in [5.74, 6) is -0.0336. The molecule has 0 aromatic heterocycles. The molecule has 0 bridgehead atoms. The Morgan fingerprint density at radius 2 is 0.939 bits per heavy atom. The maximum absolute atomic E-state index is 9.97. The number of hydrogen-bond donors (Lipinski definition) is 6. The van der Waals surface area contributed by atoms with Gasteiger partial charge in [-0.15, -0.1) is 0 Å². The lowest BCUT2D eigenvalue weighted by Crippen LogP contribution is -2.19. The third kappa shape index (κ3) is 8.45. The van der Waals surface area contributed by atoms with E-state index in [2.05, 4.69) is 10.6 Å². The van der Waals surface area contributed by atoms with Crippen LogP contribution in [0.5, 0.6) is 23.0 Å². The van der Waals surface area contributed by atoms with Crippen molar-refractivity contribution in [2.24, 2.45) is 0 Å². The van der Waals surface area contributed by atoms with Gasteiger partial charge in [0.05, 0.1) is 0 Å². The van der Waals surface area contributed by atoms with Crippen LogP contribution >= 0.6 is 0 Å². The van der Waals surface area contributed by atoms with E-state index in [9.17, 15) is 20.4 Å². The van der Waals surface area contributed by atoms with E-state index in [1.165, 1.54) is 32.1 Å². The van der Waals surface area contributed by atoms with Crippen molar-refractivity contribution in [1.29, 1.82) is 0 Å². The molecule has 0 heterocycles. The van der Waals surface area contributed by atoms with Gasteiger partial charge in [0.25, 0.3) is 0 Å². The van der Waals surface area contributed by atoms with Crippen LogP contribution in [0.2, 0.25) is 0 Å². The Labute approximate surface area is 198 Å². The van der Waals surface area contributed by atoms with Gasteiger partial charge in [-0.05, 0) is 88.0 Å². The minimum atomic E-state index is -0.0398. The molecule has 33 heavy (non-hydrogen) atoms. The van der Waals surface area contributed by atoms with E-state index in [4.69, 9.17) is 0 Å². The molecule has 0 radical (unpaired) electrons. The number of benzene rings is 2. The molecule has 6 heteroatoms. The fourth-order valence-electron chi connectivity index (χ4n) is 4.32. The van der Waals surface area contributed by atoms with Crippen LogP contribution in [0.3, 0.4) is 0 Å². The minimum Gasteiger partial charge on any atom is -0.504 e. The lowest BCUT2D eigenvalue weighted by Gasteiger charge is -2.12. The molecule has 2 aromatic rings. The van der Waals surface area contributed by atoms with Crippen LogP contribution < -0.4 is 10.6 Å². The number of nitrogens with one attached hydrogen (secondary N) is 2. The van der Waals surface area contributed by atoms with Gasteiger partial charge in [0.15, 0.2) is 23.0 Å². The van der Waals surface area contributed by atoms with Gasteiger partial charge in [-0.1, -0.05) is 45.2 Å². The molecule has 0 aliphatic carbocycles. The van der Waals surface area contributed by atoms with E-state index in [-0.39, 0.29) is 23.0 Å². The topological polar surface area (TPSA) is 105 Å². The number of unbranched alkanes of at least 4 members (excludes halogenated alkanes) is 4. The summed E-state index contributed by atoms with van der Waals surface area (Å²) in [4.78, 5) is 0. The van der Waals surface area contributed by atoms with Crippen molar-refractivity contribution >= 4 is 0 Å². The van der Waals surface area contributed by atoms with Gasteiger partial charge in [-0.2, -0.15) is 0 Å². The van der Waals surface area contributed by atoms with Gasteiger partial charge >= 0.3 is 0 Å². The van der Waals surface area contributed by atoms with Crippen LogP contribution in [0, 0.1) is 0 Å². The molecular weight excluding hydrogens is 416 g/mol. The zero-order chi connectivity index (χ0) is 24.1. The van der Waals surface area contributed by atoms with Crippen LogP contribution in [0.1, 0.15) is 68.2 Å². The van der Waals surface area contributed by atoms with Gasteiger partial charge < -0.3 is 31.1 Å². The minimum absolute atomic E-state index is 0.0230. The van der Waals surface area contributed by atoms with Crippen molar-refractivity contribution < 1.29 is 20.4 Å². The van der Waals surface area contributed by atoms with E-state index in [0.29, 0.717) is 12.8 Å². The zero-order valence-electron chi connectivity index (χ0n) is 20.3. The maximum Gasteiger partial charge on any atom is 0.160 e. The van der Waals surface area contributed by atoms with Gasteiger partial charge in [-0.25, -0.2) is 0 Å². The molecule has 0 fully saturated rings. The highest BCUT2D eigenvalue weighted by Gasteiger charge is 2.11. The molecule has 2 aromatic carbocycles. The van der Waals surface area contributed by atoms with Gasteiger partial charge in [0.2, 0.25) is 0 Å². The number of rotatable bonds is 16. The third-order valence-electron chi connectivity index (χ3n) is 6.27. The van der Waals surface area contributed by atoms with Crippen molar-refractivity contribution in [3.63, 3.8) is 0 Å². The number of phenols is 4. The summed E-state index contributed by atoms with van der Waals surface area (Å²) in [5.41, 5.74) is 3.89. The highest BCUT2D eigenvalue weighted by Crippen LogP contribution is 2.32. The first-order valence-corrected chi connectivity index (χ1v) is 12.5. The van der Waals surface area contributed by atoms with E-state index < -0.39 is 0 Å². The van der Waals surface area contributed by atoms with Crippen LogP contribution in [-0.2, 0) is 25.7 Å². The van der Waals surface area contributed by atoms with Gasteiger partial charge in [0, 0.05) is 11.1 Å². The Hall–Kier alpha value is -2.44. The maximum atomic E-state index is 9.97. The smallest absolute Gasteiger partial charge is 0.160 e. The number of hydrogen-bond acceptors (Lipinski definition) is 6. The first-order valence-electron chi connectivity index (χ1n) is 12.5. The molecule has 184 valence electrons. The Kier molecular flexibility index (Phi) is 11.9. The largest absolute Gasteiger partial charge is 0.504 e. The lowest BCUT2D eigenvalue weighted by atomic mass is 10.0. The Morgan fingerprint density at radius 1 is 0.545 bits per heavy atom. The fraction of sp³-hybridized carbons (Fsp3) is 0.556. The predicted octanol–water partition coefficient (Wildman–Crippen LogP) is 4.55. The summed E-state index contributed by atoms with van der Waals surface area (Å²) in [7, 11) is 0. The SMILES string of the molecule is CCc1c(CCNCCCCCCCNCCc2ccc(O)c(O)c2CC)ccc(O)c1O. The number of phenolic OH excluding ortho intramolecular Hbond substituents is 4. The van der Waals surface area contributed by atoms with Crippen LogP contribution in [0.25, 0.3) is 0 Å². The Morgan fingerprint density at radius 3 is 1.33 bits per heavy atom. The first-order chi connectivity index (χ1) is 16.0. The third-order valence-corrected chi connectivity index (χ3v) is 6.27. The van der Waals surface area contributed by atoms with E-state index in [1.807, 2.05) is 26.0 Å². The molecule has 0 atom stereocenters. The normalized spacial score (nSPS) is 11.2. The molecule has 0 spiro atoms. The second-order valence-electron chi connectivity index (χ2n) is 8.62. The van der Waals surface area contributed by atoms with E-state index in [0.717, 1.165) is 61.3 Å². The van der Waals surface area contributed by atoms with Crippen LogP contribution in [0.4, 0.5) is 0 Å². The standard InChI is InChI=1S/C27H42N2O4/c1-3-22-20(10-12-24(30)26(22)32)14-18-28-16-8-6-5-7-9-17-29-19-15-21-11-13-25(31)27(33)23(21)4-2/h10-13,28-33H,3-9,14-19H2,1-2H3. The monoisotopic (exact) mass is 458 g/mol. The molecule has 0 unspecified atom stereocenters.